The Kier molecular flexibility index (Phi) is 5.98. The highest BCUT2D eigenvalue weighted by atomic mass is 32.2. The first-order chi connectivity index (χ1) is 15.8. The molecule has 0 saturated heterocycles. The number of ketones is 1. The Morgan fingerprint density at radius 3 is 2.70 bits per heavy atom. The fraction of sp³-hybridized carbons (Fsp3) is 0.217. The number of aromatic nitrogens is 1. The molecule has 0 unspecified atom stereocenters. The third-order valence-electron chi connectivity index (χ3n) is 5.23. The number of benzene rings is 2. The summed E-state index contributed by atoms with van der Waals surface area (Å²) in [7, 11) is -3.72. The molecule has 2 aromatic carbocycles. The van der Waals surface area contributed by atoms with Crippen molar-refractivity contribution in [1.82, 2.24) is 9.29 Å². The minimum atomic E-state index is -3.72. The normalized spacial score (nSPS) is 16.1. The number of ether oxygens (including phenoxy) is 1. The van der Waals surface area contributed by atoms with Crippen molar-refractivity contribution in [3.8, 4) is 6.07 Å². The molecule has 1 N–H and O–H groups in total. The molecule has 3 aromatic rings. The summed E-state index contributed by atoms with van der Waals surface area (Å²) in [5, 5.41) is 9.57. The summed E-state index contributed by atoms with van der Waals surface area (Å²) in [6.07, 6.45) is 1.96. The van der Waals surface area contributed by atoms with Gasteiger partial charge in [-0.3, -0.25) is 14.5 Å². The van der Waals surface area contributed by atoms with Crippen LogP contribution in [0, 0.1) is 11.3 Å². The van der Waals surface area contributed by atoms with Crippen molar-refractivity contribution >= 4 is 38.5 Å². The van der Waals surface area contributed by atoms with E-state index in [2.05, 4.69) is 15.8 Å². The van der Waals surface area contributed by atoms with E-state index in [1.165, 1.54) is 13.0 Å². The highest BCUT2D eigenvalue weighted by Crippen LogP contribution is 2.24. The molecule has 0 fully saturated rings. The van der Waals surface area contributed by atoms with Crippen LogP contribution in [0.25, 0.3) is 10.9 Å². The van der Waals surface area contributed by atoms with Crippen LogP contribution in [0.1, 0.15) is 29.3 Å². The van der Waals surface area contributed by atoms with Crippen molar-refractivity contribution < 1.29 is 22.7 Å². The molecule has 1 aliphatic rings. The van der Waals surface area contributed by atoms with Gasteiger partial charge in [0.15, 0.2) is 6.61 Å². The molecule has 0 radical (unpaired) electrons. The zero-order chi connectivity index (χ0) is 23.6. The third-order valence-corrected chi connectivity index (χ3v) is 6.62. The number of carbonyl (C=O) groups excluding carboxylic acids is 2. The van der Waals surface area contributed by atoms with Crippen LogP contribution in [-0.2, 0) is 26.1 Å². The zero-order valence-electron chi connectivity index (χ0n) is 17.7. The van der Waals surface area contributed by atoms with E-state index in [0.717, 1.165) is 5.52 Å². The lowest BCUT2D eigenvalue weighted by molar-refractivity contribution is -0.143. The zero-order valence-corrected chi connectivity index (χ0v) is 18.5. The Balaban J connectivity index is 1.47. The fourth-order valence-corrected chi connectivity index (χ4v) is 4.87. The van der Waals surface area contributed by atoms with Crippen molar-refractivity contribution in [3.63, 3.8) is 0 Å². The van der Waals surface area contributed by atoms with E-state index in [0.29, 0.717) is 29.5 Å². The van der Waals surface area contributed by atoms with E-state index in [1.54, 1.807) is 36.5 Å². The minimum absolute atomic E-state index is 0.0574. The fourth-order valence-electron chi connectivity index (χ4n) is 3.64. The average molecular weight is 465 g/mol. The van der Waals surface area contributed by atoms with Crippen LogP contribution in [0.15, 0.2) is 64.6 Å². The van der Waals surface area contributed by atoms with Gasteiger partial charge in [-0.1, -0.05) is 30.3 Å². The van der Waals surface area contributed by atoms with Crippen molar-refractivity contribution in [2.45, 2.75) is 30.8 Å². The van der Waals surface area contributed by atoms with Crippen molar-refractivity contribution in [2.75, 3.05) is 6.61 Å². The maximum atomic E-state index is 12.8. The third kappa shape index (κ3) is 4.36. The summed E-state index contributed by atoms with van der Waals surface area (Å²) in [6.45, 7) is 1.42. The quantitative estimate of drug-likeness (QED) is 0.422. The summed E-state index contributed by atoms with van der Waals surface area (Å²) >= 11 is 0. The minimum Gasteiger partial charge on any atom is -0.456 e. The number of nitrogens with one attached hydrogen (secondary N) is 1. The molecule has 0 spiro atoms. The van der Waals surface area contributed by atoms with Gasteiger partial charge in [-0.05, 0) is 25.1 Å². The molecule has 33 heavy (non-hydrogen) atoms. The van der Waals surface area contributed by atoms with Gasteiger partial charge < -0.3 is 9.30 Å². The number of carbonyl (C=O) groups is 2. The second kappa shape index (κ2) is 8.88. The van der Waals surface area contributed by atoms with Crippen LogP contribution in [0.4, 0.5) is 0 Å². The van der Waals surface area contributed by atoms with Gasteiger partial charge in [-0.15, -0.1) is 0 Å². The van der Waals surface area contributed by atoms with Gasteiger partial charge in [-0.25, -0.2) is 13.2 Å². The molecule has 0 amide bonds. The molecule has 168 valence electrons. The molecule has 0 saturated carbocycles. The van der Waals surface area contributed by atoms with Gasteiger partial charge in [0.25, 0.3) is 10.0 Å². The number of hydrogen-bond donors (Lipinski definition) is 1. The summed E-state index contributed by atoms with van der Waals surface area (Å²) in [4.78, 5) is 29.5. The Morgan fingerprint density at radius 2 is 1.91 bits per heavy atom. The smallest absolute Gasteiger partial charge is 0.331 e. The lowest BCUT2D eigenvalue weighted by atomic mass is 10.1. The van der Waals surface area contributed by atoms with E-state index >= 15 is 0 Å². The number of rotatable bonds is 7. The first-order valence-electron chi connectivity index (χ1n) is 10.2. The number of hydrogen-bond acceptors (Lipinski definition) is 7. The maximum absolute atomic E-state index is 12.8. The summed E-state index contributed by atoms with van der Waals surface area (Å²) in [5.74, 6) is -1.09. The maximum Gasteiger partial charge on any atom is 0.331 e. The summed E-state index contributed by atoms with van der Waals surface area (Å²) < 4.78 is 33.7. The number of sulfonamides is 1. The van der Waals surface area contributed by atoms with Crippen molar-refractivity contribution in [2.24, 2.45) is 4.99 Å². The van der Waals surface area contributed by atoms with E-state index in [-0.39, 0.29) is 16.5 Å². The molecule has 1 aromatic heterocycles. The molecule has 0 aliphatic carbocycles. The van der Waals surface area contributed by atoms with Gasteiger partial charge in [0.2, 0.25) is 5.78 Å². The van der Waals surface area contributed by atoms with Gasteiger partial charge in [0, 0.05) is 34.8 Å². The SMILES string of the molecule is C[C@H](N=C1NS(=O)(=O)c2ccccc21)C(=O)OCC(=O)c1cn(CCC#N)c2ccccc12. The van der Waals surface area contributed by atoms with E-state index in [4.69, 9.17) is 10.00 Å². The van der Waals surface area contributed by atoms with Gasteiger partial charge in [0.05, 0.1) is 17.4 Å². The number of Topliss-reactive ketones (excluding diaryl/α,β-unsaturated/α-hetero) is 1. The Labute approximate surface area is 190 Å². The van der Waals surface area contributed by atoms with E-state index < -0.39 is 28.6 Å². The lowest BCUT2D eigenvalue weighted by Crippen LogP contribution is -2.27. The first kappa shape index (κ1) is 22.2. The number of aryl methyl sites for hydroxylation is 1. The Hall–Kier alpha value is -3.97. The number of nitriles is 1. The predicted molar refractivity (Wildman–Crippen MR) is 120 cm³/mol. The number of fused-ring (bicyclic) bond motifs is 2. The van der Waals surface area contributed by atoms with E-state index in [1.807, 2.05) is 16.7 Å². The molecule has 10 heteroatoms. The van der Waals surface area contributed by atoms with Crippen LogP contribution >= 0.6 is 0 Å². The van der Waals surface area contributed by atoms with Gasteiger partial charge in [0.1, 0.15) is 11.9 Å². The second-order valence-corrected chi connectivity index (χ2v) is 9.10. The molecular formula is C23H20N4O5S. The number of aliphatic imine (C=N–C) groups is 1. The van der Waals surface area contributed by atoms with Crippen molar-refractivity contribution in [1.29, 1.82) is 5.26 Å². The standard InChI is InChI=1S/C23H20N4O5S/c1-15(25-22-17-8-3-5-10-21(17)33(30,31)26-22)23(29)32-14-20(28)18-13-27(12-6-11-24)19-9-4-2-7-16(18)19/h2-5,7-10,13,15H,6,12,14H2,1H3,(H,25,26)/t15-/m0/s1. The highest BCUT2D eigenvalue weighted by molar-refractivity contribution is 7.90. The lowest BCUT2D eigenvalue weighted by Gasteiger charge is -2.08. The summed E-state index contributed by atoms with van der Waals surface area (Å²) in [5.41, 5.74) is 1.58. The molecule has 4 rings (SSSR count). The number of para-hydroxylation sites is 1. The second-order valence-electron chi connectivity index (χ2n) is 7.45. The van der Waals surface area contributed by atoms with E-state index in [9.17, 15) is 18.0 Å². The number of nitrogens with zero attached hydrogens (tertiary/aromatic N) is 3. The number of esters is 1. The molecule has 1 atom stereocenters. The highest BCUT2D eigenvalue weighted by Gasteiger charge is 2.31. The predicted octanol–water partition coefficient (Wildman–Crippen LogP) is 2.41. The van der Waals surface area contributed by atoms with Crippen molar-refractivity contribution in [3.05, 3.63) is 65.9 Å². The molecular weight excluding hydrogens is 444 g/mol. The molecule has 2 heterocycles. The van der Waals surface area contributed by atoms with Crippen LogP contribution in [0.5, 0.6) is 0 Å². The Morgan fingerprint density at radius 1 is 1.18 bits per heavy atom. The summed E-state index contributed by atoms with van der Waals surface area (Å²) in [6, 6.07) is 14.7. The first-order valence-corrected chi connectivity index (χ1v) is 11.6. The Bertz CT molecular complexity index is 1430. The van der Waals surface area contributed by atoms with Crippen LogP contribution in [0.2, 0.25) is 0 Å². The van der Waals surface area contributed by atoms with Crippen LogP contribution in [-0.4, -0.2) is 43.2 Å². The largest absolute Gasteiger partial charge is 0.456 e. The van der Waals surface area contributed by atoms with Gasteiger partial charge >= 0.3 is 5.97 Å². The number of amidine groups is 1. The topological polar surface area (TPSA) is 131 Å². The van der Waals surface area contributed by atoms with Crippen LogP contribution < -0.4 is 4.72 Å². The molecule has 0 bridgehead atoms. The molecule has 9 nitrogen and oxygen atoms in total. The molecule has 1 aliphatic heterocycles. The average Bonchev–Trinajstić information content (AvgIpc) is 3.30. The monoisotopic (exact) mass is 464 g/mol. The van der Waals surface area contributed by atoms with Gasteiger partial charge in [-0.2, -0.15) is 5.26 Å². The van der Waals surface area contributed by atoms with Crippen LogP contribution in [0.3, 0.4) is 0 Å².